The lowest BCUT2D eigenvalue weighted by Crippen LogP contribution is -2.09. The molecule has 0 fully saturated rings. The van der Waals surface area contributed by atoms with E-state index in [0.717, 1.165) is 21.8 Å². The molecule has 3 heteroatoms. The number of hydrogen-bond donors (Lipinski definition) is 1. The molecule has 1 N–H and O–H groups in total. The van der Waals surface area contributed by atoms with E-state index < -0.39 is 0 Å². The Bertz CT molecular complexity index is 612. The predicted molar refractivity (Wildman–Crippen MR) is 79.4 cm³/mol. The number of rotatable bonds is 3. The Hall–Kier alpha value is -1.98. The average Bonchev–Trinajstić information content (AvgIpc) is 2.41. The van der Waals surface area contributed by atoms with Gasteiger partial charge < -0.3 is 5.32 Å². The van der Waals surface area contributed by atoms with Gasteiger partial charge in [0.2, 0.25) is 0 Å². The van der Waals surface area contributed by atoms with E-state index in [1.54, 1.807) is 0 Å². The Morgan fingerprint density at radius 1 is 1.16 bits per heavy atom. The van der Waals surface area contributed by atoms with Gasteiger partial charge in [-0.25, -0.2) is 0 Å². The molecule has 0 radical (unpaired) electrons. The summed E-state index contributed by atoms with van der Waals surface area (Å²) in [6.45, 7) is 4.06. The molecule has 0 heterocycles. The molecule has 0 aromatic heterocycles. The van der Waals surface area contributed by atoms with Gasteiger partial charge in [0.05, 0.1) is 11.3 Å². The fourth-order valence-electron chi connectivity index (χ4n) is 2.00. The van der Waals surface area contributed by atoms with Crippen LogP contribution in [-0.2, 0) is 0 Å². The van der Waals surface area contributed by atoms with Crippen molar-refractivity contribution in [2.75, 3.05) is 5.32 Å². The molecule has 0 saturated heterocycles. The van der Waals surface area contributed by atoms with Crippen LogP contribution in [0.15, 0.2) is 42.5 Å². The summed E-state index contributed by atoms with van der Waals surface area (Å²) in [6.07, 6.45) is 0. The van der Waals surface area contributed by atoms with Crippen LogP contribution in [0.4, 0.5) is 5.69 Å². The SMILES string of the molecule is Cc1cccc(C#N)c1NC(C)c1ccc(Cl)cc1. The summed E-state index contributed by atoms with van der Waals surface area (Å²) in [5, 5.41) is 13.3. The predicted octanol–water partition coefficient (Wildman–Crippen LogP) is 4.69. The third-order valence-corrected chi connectivity index (χ3v) is 3.38. The number of nitrogens with zero attached hydrogens (tertiary/aromatic N) is 1. The first-order valence-electron chi connectivity index (χ1n) is 6.13. The van der Waals surface area contributed by atoms with Crippen LogP contribution in [0, 0.1) is 18.3 Å². The Morgan fingerprint density at radius 2 is 1.84 bits per heavy atom. The second-order valence-corrected chi connectivity index (χ2v) is 4.96. The normalized spacial score (nSPS) is 11.7. The monoisotopic (exact) mass is 270 g/mol. The molecule has 2 aromatic carbocycles. The van der Waals surface area contributed by atoms with E-state index in [0.29, 0.717) is 5.56 Å². The van der Waals surface area contributed by atoms with Gasteiger partial charge in [-0.1, -0.05) is 35.9 Å². The highest BCUT2D eigenvalue weighted by atomic mass is 35.5. The molecule has 0 amide bonds. The van der Waals surface area contributed by atoms with Crippen LogP contribution in [0.5, 0.6) is 0 Å². The topological polar surface area (TPSA) is 35.8 Å². The van der Waals surface area contributed by atoms with Crippen LogP contribution in [0.3, 0.4) is 0 Å². The van der Waals surface area contributed by atoms with Gasteiger partial charge in [-0.15, -0.1) is 0 Å². The lowest BCUT2D eigenvalue weighted by atomic mass is 10.0. The van der Waals surface area contributed by atoms with Gasteiger partial charge in [-0.2, -0.15) is 5.26 Å². The van der Waals surface area contributed by atoms with Gasteiger partial charge in [-0.3, -0.25) is 0 Å². The maximum atomic E-state index is 9.16. The van der Waals surface area contributed by atoms with Crippen molar-refractivity contribution in [3.8, 4) is 6.07 Å². The number of halogens is 1. The van der Waals surface area contributed by atoms with Crippen molar-refractivity contribution in [1.82, 2.24) is 0 Å². The molecule has 0 aliphatic carbocycles. The standard InChI is InChI=1S/C16H15ClN2/c1-11-4-3-5-14(10-18)16(11)19-12(2)13-6-8-15(17)9-7-13/h3-9,12,19H,1-2H3. The van der Waals surface area contributed by atoms with Crippen LogP contribution >= 0.6 is 11.6 Å². The van der Waals surface area contributed by atoms with Gasteiger partial charge in [0, 0.05) is 11.1 Å². The molecule has 1 unspecified atom stereocenters. The molecular formula is C16H15ClN2. The molecule has 0 aliphatic heterocycles. The van der Waals surface area contributed by atoms with Gasteiger partial charge in [-0.05, 0) is 43.2 Å². The van der Waals surface area contributed by atoms with E-state index in [-0.39, 0.29) is 6.04 Å². The highest BCUT2D eigenvalue weighted by Crippen LogP contribution is 2.26. The molecule has 2 rings (SSSR count). The van der Waals surface area contributed by atoms with Crippen molar-refractivity contribution >= 4 is 17.3 Å². The summed E-state index contributed by atoms with van der Waals surface area (Å²) < 4.78 is 0. The minimum atomic E-state index is 0.116. The number of hydrogen-bond acceptors (Lipinski definition) is 2. The summed E-state index contributed by atoms with van der Waals surface area (Å²) in [5.74, 6) is 0. The minimum absolute atomic E-state index is 0.116. The largest absolute Gasteiger partial charge is 0.377 e. The number of benzene rings is 2. The van der Waals surface area contributed by atoms with Crippen molar-refractivity contribution in [2.24, 2.45) is 0 Å². The second kappa shape index (κ2) is 5.77. The van der Waals surface area contributed by atoms with E-state index in [1.807, 2.05) is 49.4 Å². The number of nitriles is 1. The van der Waals surface area contributed by atoms with Crippen molar-refractivity contribution < 1.29 is 0 Å². The molecule has 96 valence electrons. The Kier molecular flexibility index (Phi) is 4.09. The zero-order valence-corrected chi connectivity index (χ0v) is 11.7. The maximum Gasteiger partial charge on any atom is 0.101 e. The molecule has 19 heavy (non-hydrogen) atoms. The van der Waals surface area contributed by atoms with Crippen molar-refractivity contribution in [1.29, 1.82) is 5.26 Å². The zero-order valence-electron chi connectivity index (χ0n) is 10.9. The fraction of sp³-hybridized carbons (Fsp3) is 0.188. The van der Waals surface area contributed by atoms with Crippen LogP contribution in [0.25, 0.3) is 0 Å². The molecule has 0 saturated carbocycles. The van der Waals surface area contributed by atoms with Gasteiger partial charge in [0.25, 0.3) is 0 Å². The maximum absolute atomic E-state index is 9.16. The van der Waals surface area contributed by atoms with Crippen molar-refractivity contribution in [3.05, 3.63) is 64.2 Å². The Morgan fingerprint density at radius 3 is 2.47 bits per heavy atom. The molecule has 1 atom stereocenters. The zero-order chi connectivity index (χ0) is 13.8. The molecule has 0 aliphatic rings. The van der Waals surface area contributed by atoms with Gasteiger partial charge >= 0.3 is 0 Å². The molecular weight excluding hydrogens is 256 g/mol. The second-order valence-electron chi connectivity index (χ2n) is 4.53. The Balaban J connectivity index is 2.26. The van der Waals surface area contributed by atoms with E-state index >= 15 is 0 Å². The third-order valence-electron chi connectivity index (χ3n) is 3.12. The number of aryl methyl sites for hydroxylation is 1. The third kappa shape index (κ3) is 3.07. The fourth-order valence-corrected chi connectivity index (χ4v) is 2.13. The molecule has 2 aromatic rings. The summed E-state index contributed by atoms with van der Waals surface area (Å²) in [6, 6.07) is 15.8. The number of anilines is 1. The number of para-hydroxylation sites is 1. The lowest BCUT2D eigenvalue weighted by molar-refractivity contribution is 0.882. The van der Waals surface area contributed by atoms with Crippen molar-refractivity contribution in [2.45, 2.75) is 19.9 Å². The van der Waals surface area contributed by atoms with Gasteiger partial charge in [0.15, 0.2) is 0 Å². The summed E-state index contributed by atoms with van der Waals surface area (Å²) in [7, 11) is 0. The lowest BCUT2D eigenvalue weighted by Gasteiger charge is -2.18. The smallest absolute Gasteiger partial charge is 0.101 e. The van der Waals surface area contributed by atoms with Crippen LogP contribution in [-0.4, -0.2) is 0 Å². The van der Waals surface area contributed by atoms with E-state index in [9.17, 15) is 0 Å². The first-order valence-corrected chi connectivity index (χ1v) is 6.51. The highest BCUT2D eigenvalue weighted by molar-refractivity contribution is 6.30. The van der Waals surface area contributed by atoms with Crippen molar-refractivity contribution in [3.63, 3.8) is 0 Å². The molecule has 0 spiro atoms. The van der Waals surface area contributed by atoms with E-state index in [1.165, 1.54) is 0 Å². The minimum Gasteiger partial charge on any atom is -0.377 e. The first-order chi connectivity index (χ1) is 9.11. The van der Waals surface area contributed by atoms with Crippen LogP contribution in [0.2, 0.25) is 5.02 Å². The van der Waals surface area contributed by atoms with Crippen LogP contribution < -0.4 is 5.32 Å². The summed E-state index contributed by atoms with van der Waals surface area (Å²) >= 11 is 5.89. The van der Waals surface area contributed by atoms with Crippen LogP contribution in [0.1, 0.15) is 29.7 Å². The molecule has 0 bridgehead atoms. The Labute approximate surface area is 118 Å². The first kappa shape index (κ1) is 13.5. The number of nitrogens with one attached hydrogen (secondary N) is 1. The van der Waals surface area contributed by atoms with E-state index in [4.69, 9.17) is 16.9 Å². The highest BCUT2D eigenvalue weighted by Gasteiger charge is 2.10. The summed E-state index contributed by atoms with van der Waals surface area (Å²) in [5.41, 5.74) is 3.77. The quantitative estimate of drug-likeness (QED) is 0.878. The van der Waals surface area contributed by atoms with Gasteiger partial charge in [0.1, 0.15) is 6.07 Å². The average molecular weight is 271 g/mol. The van der Waals surface area contributed by atoms with E-state index in [2.05, 4.69) is 18.3 Å². The molecule has 2 nitrogen and oxygen atoms in total. The summed E-state index contributed by atoms with van der Waals surface area (Å²) in [4.78, 5) is 0.